The van der Waals surface area contributed by atoms with E-state index in [0.717, 1.165) is 35.5 Å². The molecule has 2 heterocycles. The molecule has 0 N–H and O–H groups in total. The average Bonchev–Trinajstić information content (AvgIpc) is 3.36. The Hall–Kier alpha value is -2.51. The number of rotatable bonds is 7. The van der Waals surface area contributed by atoms with Gasteiger partial charge in [0, 0.05) is 6.61 Å². The molecule has 1 saturated heterocycles. The standard InChI is InChI=1S/C22H23FN2O3S/c1-2-27-17-8-5-15(6-9-17)12-21(26)25(14-18-4-3-11-28-18)22-24-19-10-7-16(23)13-20(19)29-22/h5-10,13,18H,2-4,11-12,14H2,1H3/t18-/m1/s1. The van der Waals surface area contributed by atoms with Gasteiger partial charge in [0.05, 0.1) is 35.9 Å². The number of anilines is 1. The molecule has 4 rings (SSSR count). The van der Waals surface area contributed by atoms with Gasteiger partial charge in [-0.2, -0.15) is 0 Å². The first kappa shape index (κ1) is 19.8. The first-order chi connectivity index (χ1) is 14.1. The maximum absolute atomic E-state index is 13.6. The van der Waals surface area contributed by atoms with Gasteiger partial charge in [-0.1, -0.05) is 23.5 Å². The van der Waals surface area contributed by atoms with Crippen molar-refractivity contribution >= 4 is 32.6 Å². The van der Waals surface area contributed by atoms with E-state index < -0.39 is 0 Å². The summed E-state index contributed by atoms with van der Waals surface area (Å²) in [6.45, 7) is 3.71. The molecule has 5 nitrogen and oxygen atoms in total. The van der Waals surface area contributed by atoms with Gasteiger partial charge < -0.3 is 9.47 Å². The lowest BCUT2D eigenvalue weighted by atomic mass is 10.1. The Balaban J connectivity index is 1.57. The Labute approximate surface area is 173 Å². The predicted molar refractivity (Wildman–Crippen MR) is 112 cm³/mol. The molecule has 1 amide bonds. The summed E-state index contributed by atoms with van der Waals surface area (Å²) in [5, 5.41) is 0.581. The van der Waals surface area contributed by atoms with Gasteiger partial charge in [-0.3, -0.25) is 9.69 Å². The summed E-state index contributed by atoms with van der Waals surface area (Å²) in [6, 6.07) is 12.0. The third kappa shape index (κ3) is 4.74. The number of amides is 1. The van der Waals surface area contributed by atoms with Crippen LogP contribution in [0.5, 0.6) is 5.75 Å². The van der Waals surface area contributed by atoms with E-state index in [1.54, 1.807) is 11.0 Å². The maximum atomic E-state index is 13.6. The largest absolute Gasteiger partial charge is 0.494 e. The topological polar surface area (TPSA) is 51.7 Å². The van der Waals surface area contributed by atoms with Gasteiger partial charge in [0.15, 0.2) is 5.13 Å². The van der Waals surface area contributed by atoms with E-state index in [0.29, 0.717) is 23.8 Å². The van der Waals surface area contributed by atoms with Gasteiger partial charge in [-0.15, -0.1) is 0 Å². The van der Waals surface area contributed by atoms with Crippen molar-refractivity contribution < 1.29 is 18.7 Å². The van der Waals surface area contributed by atoms with Crippen LogP contribution >= 0.6 is 11.3 Å². The fourth-order valence-electron chi connectivity index (χ4n) is 3.42. The van der Waals surface area contributed by atoms with Crippen LogP contribution in [0.15, 0.2) is 42.5 Å². The second-order valence-electron chi connectivity index (χ2n) is 7.00. The van der Waals surface area contributed by atoms with E-state index in [4.69, 9.17) is 9.47 Å². The predicted octanol–water partition coefficient (Wildman–Crippen LogP) is 4.59. The highest BCUT2D eigenvalue weighted by Gasteiger charge is 2.26. The molecule has 0 saturated carbocycles. The first-order valence-electron chi connectivity index (χ1n) is 9.82. The van der Waals surface area contributed by atoms with Crippen molar-refractivity contribution in [1.29, 1.82) is 0 Å². The van der Waals surface area contributed by atoms with Gasteiger partial charge in [0.1, 0.15) is 11.6 Å². The van der Waals surface area contributed by atoms with Crippen LogP contribution in [-0.2, 0) is 16.0 Å². The fraction of sp³-hybridized carbons (Fsp3) is 0.364. The minimum absolute atomic E-state index is 0.00280. The normalized spacial score (nSPS) is 16.3. The number of ether oxygens (including phenoxy) is 2. The number of benzene rings is 2. The highest BCUT2D eigenvalue weighted by atomic mass is 32.1. The highest BCUT2D eigenvalue weighted by Crippen LogP contribution is 2.31. The van der Waals surface area contributed by atoms with Crippen molar-refractivity contribution in [2.75, 3.05) is 24.7 Å². The van der Waals surface area contributed by atoms with Crippen molar-refractivity contribution in [1.82, 2.24) is 4.98 Å². The quantitative estimate of drug-likeness (QED) is 0.568. The summed E-state index contributed by atoms with van der Waals surface area (Å²) in [6.07, 6.45) is 2.18. The molecule has 7 heteroatoms. The molecule has 1 aromatic heterocycles. The molecule has 0 aliphatic carbocycles. The Morgan fingerprint density at radius 1 is 1.31 bits per heavy atom. The number of hydrogen-bond donors (Lipinski definition) is 0. The molecule has 0 spiro atoms. The number of carbonyl (C=O) groups is 1. The molecule has 152 valence electrons. The van der Waals surface area contributed by atoms with Crippen LogP contribution in [0, 0.1) is 5.82 Å². The van der Waals surface area contributed by atoms with Crippen LogP contribution < -0.4 is 9.64 Å². The molecule has 1 aliphatic rings. The van der Waals surface area contributed by atoms with E-state index >= 15 is 0 Å². The summed E-state index contributed by atoms with van der Waals surface area (Å²) in [4.78, 5) is 19.5. The highest BCUT2D eigenvalue weighted by molar-refractivity contribution is 7.22. The zero-order valence-corrected chi connectivity index (χ0v) is 17.1. The third-order valence-electron chi connectivity index (χ3n) is 4.87. The molecule has 0 radical (unpaired) electrons. The van der Waals surface area contributed by atoms with Crippen molar-refractivity contribution in [3.8, 4) is 5.75 Å². The number of nitrogens with zero attached hydrogens (tertiary/aromatic N) is 2. The Bertz CT molecular complexity index is 983. The summed E-state index contributed by atoms with van der Waals surface area (Å²) < 4.78 is 25.5. The summed E-state index contributed by atoms with van der Waals surface area (Å²) >= 11 is 1.33. The number of carbonyl (C=O) groups excluding carboxylic acids is 1. The SMILES string of the molecule is CCOc1ccc(CC(=O)N(C[C@H]2CCCO2)c2nc3ccc(F)cc3s2)cc1. The van der Waals surface area contributed by atoms with Gasteiger partial charge in [-0.25, -0.2) is 9.37 Å². The Morgan fingerprint density at radius 2 is 2.14 bits per heavy atom. The smallest absolute Gasteiger partial charge is 0.233 e. The number of fused-ring (bicyclic) bond motifs is 1. The number of thiazole rings is 1. The second kappa shape index (κ2) is 8.88. The first-order valence-corrected chi connectivity index (χ1v) is 10.6. The number of hydrogen-bond acceptors (Lipinski definition) is 5. The number of aromatic nitrogens is 1. The van der Waals surface area contributed by atoms with Crippen molar-refractivity contribution in [2.45, 2.75) is 32.3 Å². The second-order valence-corrected chi connectivity index (χ2v) is 8.01. The lowest BCUT2D eigenvalue weighted by Crippen LogP contribution is -2.38. The van der Waals surface area contributed by atoms with Crippen LogP contribution in [0.25, 0.3) is 10.2 Å². The van der Waals surface area contributed by atoms with Crippen LogP contribution in [0.2, 0.25) is 0 Å². The lowest BCUT2D eigenvalue weighted by molar-refractivity contribution is -0.118. The van der Waals surface area contributed by atoms with Gasteiger partial charge >= 0.3 is 0 Å². The minimum Gasteiger partial charge on any atom is -0.494 e. The van der Waals surface area contributed by atoms with E-state index in [1.165, 1.54) is 23.5 Å². The maximum Gasteiger partial charge on any atom is 0.233 e. The van der Waals surface area contributed by atoms with Crippen LogP contribution in [0.3, 0.4) is 0 Å². The Morgan fingerprint density at radius 3 is 2.86 bits per heavy atom. The van der Waals surface area contributed by atoms with Gasteiger partial charge in [0.2, 0.25) is 5.91 Å². The zero-order chi connectivity index (χ0) is 20.2. The fourth-order valence-corrected chi connectivity index (χ4v) is 4.44. The average molecular weight is 415 g/mol. The summed E-state index contributed by atoms with van der Waals surface area (Å²) in [5.74, 6) is 0.427. The van der Waals surface area contributed by atoms with Crippen molar-refractivity contribution in [3.63, 3.8) is 0 Å². The van der Waals surface area contributed by atoms with Crippen LogP contribution in [0.1, 0.15) is 25.3 Å². The third-order valence-corrected chi connectivity index (χ3v) is 5.91. The molecule has 1 fully saturated rings. The van der Waals surface area contributed by atoms with Crippen LogP contribution in [0.4, 0.5) is 9.52 Å². The molecule has 0 bridgehead atoms. The van der Waals surface area contributed by atoms with E-state index in [2.05, 4.69) is 4.98 Å². The summed E-state index contributed by atoms with van der Waals surface area (Å²) in [7, 11) is 0. The molecule has 2 aromatic carbocycles. The Kier molecular flexibility index (Phi) is 6.06. The molecule has 29 heavy (non-hydrogen) atoms. The molecule has 1 atom stereocenters. The van der Waals surface area contributed by atoms with Gasteiger partial charge in [0.25, 0.3) is 0 Å². The molecule has 1 aliphatic heterocycles. The molecule has 3 aromatic rings. The summed E-state index contributed by atoms with van der Waals surface area (Å²) in [5.41, 5.74) is 1.60. The molecular weight excluding hydrogens is 391 g/mol. The number of halogens is 1. The van der Waals surface area contributed by atoms with E-state index in [9.17, 15) is 9.18 Å². The van der Waals surface area contributed by atoms with E-state index in [1.807, 2.05) is 31.2 Å². The minimum atomic E-state index is -0.306. The zero-order valence-electron chi connectivity index (χ0n) is 16.3. The molecular formula is C22H23FN2O3S. The molecule has 0 unspecified atom stereocenters. The van der Waals surface area contributed by atoms with Crippen LogP contribution in [-0.4, -0.2) is 36.8 Å². The lowest BCUT2D eigenvalue weighted by Gasteiger charge is -2.23. The van der Waals surface area contributed by atoms with E-state index in [-0.39, 0.29) is 24.2 Å². The monoisotopic (exact) mass is 414 g/mol. The van der Waals surface area contributed by atoms with Gasteiger partial charge in [-0.05, 0) is 55.7 Å². The van der Waals surface area contributed by atoms with Crippen molar-refractivity contribution in [2.24, 2.45) is 0 Å². The van der Waals surface area contributed by atoms with Crippen molar-refractivity contribution in [3.05, 3.63) is 53.8 Å².